The number of nitrogens with one attached hydrogen (secondary N) is 2. The number of imidazole rings is 1. The number of aliphatic imine (C=N–C) groups is 1. The number of alkyl halides is 5. The van der Waals surface area contributed by atoms with Crippen molar-refractivity contribution < 1.29 is 36.3 Å². The molecular formula is C33H43F5N8O3. The number of rotatable bonds is 9. The molecule has 1 saturated carbocycles. The SMILES string of the molecule is CCN=C(C=CN)C(=O)NC(c1cn2nc(C[C@H]3C[C@@H](C(F)(F)F)CNC3=O)c(N3CC4(CCOCC4)C3)cc2n1)C1CCC(F)(F)CC1. The first kappa shape index (κ1) is 35.0. The highest BCUT2D eigenvalue weighted by atomic mass is 19.4. The van der Waals surface area contributed by atoms with Crippen molar-refractivity contribution in [2.75, 3.05) is 44.3 Å². The minimum atomic E-state index is -4.44. The predicted molar refractivity (Wildman–Crippen MR) is 171 cm³/mol. The van der Waals surface area contributed by atoms with Crippen molar-refractivity contribution in [2.24, 2.45) is 33.9 Å². The van der Waals surface area contributed by atoms with E-state index < -0.39 is 48.3 Å². The number of hydrogen-bond donors (Lipinski definition) is 3. The van der Waals surface area contributed by atoms with E-state index in [2.05, 4.69) is 20.5 Å². The number of ether oxygens (including phenoxy) is 1. The van der Waals surface area contributed by atoms with Gasteiger partial charge in [0.15, 0.2) is 5.65 Å². The van der Waals surface area contributed by atoms with E-state index >= 15 is 0 Å². The summed E-state index contributed by atoms with van der Waals surface area (Å²) < 4.78 is 76.5. The molecule has 0 bridgehead atoms. The molecule has 4 aliphatic rings. The van der Waals surface area contributed by atoms with Gasteiger partial charge in [-0.2, -0.15) is 18.3 Å². The number of anilines is 1. The van der Waals surface area contributed by atoms with E-state index in [0.717, 1.165) is 12.8 Å². The molecule has 3 saturated heterocycles. The Bertz CT molecular complexity index is 1580. The van der Waals surface area contributed by atoms with Crippen LogP contribution in [0, 0.1) is 23.2 Å². The number of carbonyl (C=O) groups excluding carboxylic acids is 2. The molecule has 1 aliphatic carbocycles. The van der Waals surface area contributed by atoms with Crippen LogP contribution in [-0.4, -0.2) is 83.6 Å². The number of halogens is 5. The average molecular weight is 695 g/mol. The molecule has 0 aromatic carbocycles. The number of amides is 2. The number of carbonyl (C=O) groups is 2. The fourth-order valence-corrected chi connectivity index (χ4v) is 7.66. The maximum Gasteiger partial charge on any atom is 0.393 e. The molecule has 268 valence electrons. The summed E-state index contributed by atoms with van der Waals surface area (Å²) >= 11 is 0. The molecule has 16 heteroatoms. The Morgan fingerprint density at radius 2 is 1.94 bits per heavy atom. The lowest BCUT2D eigenvalue weighted by Crippen LogP contribution is -2.59. The Hall–Kier alpha value is -3.82. The Labute approximate surface area is 280 Å². The lowest BCUT2D eigenvalue weighted by atomic mass is 9.73. The topological polar surface area (TPSA) is 139 Å². The van der Waals surface area contributed by atoms with Gasteiger partial charge < -0.3 is 26.0 Å². The van der Waals surface area contributed by atoms with Crippen LogP contribution in [0.2, 0.25) is 0 Å². The largest absolute Gasteiger partial charge is 0.405 e. The van der Waals surface area contributed by atoms with Gasteiger partial charge >= 0.3 is 6.18 Å². The van der Waals surface area contributed by atoms with Crippen LogP contribution in [0.1, 0.15) is 69.3 Å². The smallest absolute Gasteiger partial charge is 0.393 e. The summed E-state index contributed by atoms with van der Waals surface area (Å²) in [5, 5.41) is 10.2. The number of hydrogen-bond acceptors (Lipinski definition) is 8. The molecule has 1 unspecified atom stereocenters. The van der Waals surface area contributed by atoms with Crippen molar-refractivity contribution in [1.29, 1.82) is 0 Å². The van der Waals surface area contributed by atoms with E-state index in [1.807, 2.05) is 6.07 Å². The fraction of sp³-hybridized carbons (Fsp3) is 0.667. The monoisotopic (exact) mass is 694 g/mol. The van der Waals surface area contributed by atoms with Crippen molar-refractivity contribution in [2.45, 2.75) is 76.4 Å². The van der Waals surface area contributed by atoms with Gasteiger partial charge in [-0.3, -0.25) is 14.6 Å². The molecule has 4 N–H and O–H groups in total. The summed E-state index contributed by atoms with van der Waals surface area (Å²) in [6.07, 6.45) is 0.833. The third-order valence-corrected chi connectivity index (χ3v) is 10.5. The molecule has 2 amide bonds. The molecule has 0 radical (unpaired) electrons. The zero-order chi connectivity index (χ0) is 35.0. The molecule has 5 heterocycles. The molecule has 3 aliphatic heterocycles. The van der Waals surface area contributed by atoms with Crippen LogP contribution in [0.3, 0.4) is 0 Å². The van der Waals surface area contributed by atoms with Gasteiger partial charge in [0.1, 0.15) is 5.71 Å². The third-order valence-electron chi connectivity index (χ3n) is 10.5. The maximum atomic E-state index is 14.2. The minimum Gasteiger partial charge on any atom is -0.405 e. The summed E-state index contributed by atoms with van der Waals surface area (Å²) in [4.78, 5) is 37.3. The van der Waals surface area contributed by atoms with Crippen LogP contribution in [0.15, 0.2) is 29.5 Å². The molecule has 4 fully saturated rings. The van der Waals surface area contributed by atoms with Crippen LogP contribution >= 0.6 is 0 Å². The van der Waals surface area contributed by atoms with Crippen LogP contribution in [0.25, 0.3) is 5.65 Å². The standard InChI is InChI=1S/C33H43F5N8O3/c1-2-40-23(5-10-39)30(48)43-28(20-3-6-32(34,35)7-4-20)25-17-46-27(42-25)15-26(45-18-31(19-45)8-11-49-12-9-31)24(44-46)14-21-13-22(33(36,37)38)16-41-29(21)47/h5,10,15,17,20-22,28H,2-4,6-9,11-14,16,18-19,39H2,1H3,(H,41,47)(H,43,48)/t21-,22-,28?/m1/s1. The molecule has 49 heavy (non-hydrogen) atoms. The van der Waals surface area contributed by atoms with Gasteiger partial charge in [-0.05, 0) is 57.2 Å². The second kappa shape index (κ2) is 13.8. The van der Waals surface area contributed by atoms with E-state index in [-0.39, 0.29) is 55.6 Å². The van der Waals surface area contributed by atoms with Crippen molar-refractivity contribution in [3.05, 3.63) is 35.9 Å². The van der Waals surface area contributed by atoms with E-state index in [1.165, 1.54) is 16.8 Å². The second-order valence-corrected chi connectivity index (χ2v) is 13.9. The highest BCUT2D eigenvalue weighted by Gasteiger charge is 2.47. The molecular weight excluding hydrogens is 651 g/mol. The first-order valence-corrected chi connectivity index (χ1v) is 17.0. The van der Waals surface area contributed by atoms with E-state index in [4.69, 9.17) is 20.6 Å². The number of aromatic nitrogens is 3. The van der Waals surface area contributed by atoms with Crippen molar-refractivity contribution in [3.63, 3.8) is 0 Å². The highest BCUT2D eigenvalue weighted by Crippen LogP contribution is 2.45. The molecule has 1 spiro atoms. The van der Waals surface area contributed by atoms with Crippen molar-refractivity contribution in [1.82, 2.24) is 25.2 Å². The van der Waals surface area contributed by atoms with Crippen LogP contribution in [0.5, 0.6) is 0 Å². The van der Waals surface area contributed by atoms with Crippen molar-refractivity contribution in [3.8, 4) is 0 Å². The average Bonchev–Trinajstić information content (AvgIpc) is 3.45. The zero-order valence-corrected chi connectivity index (χ0v) is 27.4. The lowest BCUT2D eigenvalue weighted by Gasteiger charge is -2.53. The van der Waals surface area contributed by atoms with E-state index in [0.29, 0.717) is 55.6 Å². The number of piperidine rings is 1. The first-order chi connectivity index (χ1) is 23.3. The lowest BCUT2D eigenvalue weighted by molar-refractivity contribution is -0.183. The zero-order valence-electron chi connectivity index (χ0n) is 27.4. The second-order valence-electron chi connectivity index (χ2n) is 13.9. The molecule has 11 nitrogen and oxygen atoms in total. The van der Waals surface area contributed by atoms with Gasteiger partial charge in [-0.25, -0.2) is 18.3 Å². The first-order valence-electron chi connectivity index (χ1n) is 17.0. The number of fused-ring (bicyclic) bond motifs is 1. The minimum absolute atomic E-state index is 0.00997. The Balaban J connectivity index is 1.35. The van der Waals surface area contributed by atoms with Gasteiger partial charge in [-0.15, -0.1) is 0 Å². The highest BCUT2D eigenvalue weighted by molar-refractivity contribution is 6.43. The summed E-state index contributed by atoms with van der Waals surface area (Å²) in [7, 11) is 0. The summed E-state index contributed by atoms with van der Waals surface area (Å²) in [5.74, 6) is -6.71. The summed E-state index contributed by atoms with van der Waals surface area (Å²) in [5.41, 5.74) is 7.68. The van der Waals surface area contributed by atoms with Gasteiger partial charge in [0.05, 0.1) is 35.2 Å². The van der Waals surface area contributed by atoms with E-state index in [1.54, 1.807) is 13.1 Å². The predicted octanol–water partition coefficient (Wildman–Crippen LogP) is 4.12. The van der Waals surface area contributed by atoms with Crippen LogP contribution in [0.4, 0.5) is 27.6 Å². The Morgan fingerprint density at radius 1 is 1.22 bits per heavy atom. The van der Waals surface area contributed by atoms with Crippen molar-refractivity contribution >= 4 is 28.9 Å². The maximum absolute atomic E-state index is 14.2. The van der Waals surface area contributed by atoms with Gasteiger partial charge in [0.25, 0.3) is 5.91 Å². The normalized spacial score (nSPS) is 25.4. The number of nitrogens with two attached hydrogens (primary N) is 1. The quantitative estimate of drug-likeness (QED) is 0.265. The number of nitrogens with zero attached hydrogens (tertiary/aromatic N) is 5. The van der Waals surface area contributed by atoms with Crippen LogP contribution < -0.4 is 21.3 Å². The third kappa shape index (κ3) is 7.68. The Morgan fingerprint density at radius 3 is 2.59 bits per heavy atom. The molecule has 2 aromatic rings. The summed E-state index contributed by atoms with van der Waals surface area (Å²) in [6.45, 7) is 4.38. The summed E-state index contributed by atoms with van der Waals surface area (Å²) in [6, 6.07) is 1.06. The Kier molecular flexibility index (Phi) is 9.88. The molecule has 2 aromatic heterocycles. The van der Waals surface area contributed by atoms with Gasteiger partial charge in [0.2, 0.25) is 11.8 Å². The van der Waals surface area contributed by atoms with Gasteiger partial charge in [-0.1, -0.05) is 0 Å². The van der Waals surface area contributed by atoms with Crippen LogP contribution in [-0.2, 0) is 20.7 Å². The fourth-order valence-electron chi connectivity index (χ4n) is 7.66. The molecule has 6 rings (SSSR count). The molecule has 3 atom stereocenters. The van der Waals surface area contributed by atoms with Gasteiger partial charge in [0, 0.05) is 76.1 Å². The van der Waals surface area contributed by atoms with E-state index in [9.17, 15) is 31.5 Å².